The van der Waals surface area contributed by atoms with Gasteiger partial charge in [-0.05, 0) is 12.8 Å². The van der Waals surface area contributed by atoms with Crippen molar-refractivity contribution < 1.29 is 8.78 Å². The first-order valence-corrected chi connectivity index (χ1v) is 9.06. The molecule has 0 aliphatic carbocycles. The van der Waals surface area contributed by atoms with E-state index in [1.165, 1.54) is 0 Å². The normalized spacial score (nSPS) is 15.9. The lowest BCUT2D eigenvalue weighted by molar-refractivity contribution is -0.0153. The Hall–Kier alpha value is 1.32. The first-order chi connectivity index (χ1) is 7.91. The molecule has 17 heavy (non-hydrogen) atoms. The monoisotopic (exact) mass is 472 g/mol. The number of halogens is 4. The van der Waals surface area contributed by atoms with E-state index in [4.69, 9.17) is 0 Å². The third-order valence-electron chi connectivity index (χ3n) is 2.78. The van der Waals surface area contributed by atoms with Crippen LogP contribution in [0.25, 0.3) is 0 Å². The Morgan fingerprint density at radius 3 is 1.53 bits per heavy atom. The van der Waals surface area contributed by atoms with Gasteiger partial charge in [0.25, 0.3) is 0 Å². The second-order valence-corrected chi connectivity index (χ2v) is 8.27. The van der Waals surface area contributed by atoms with Gasteiger partial charge < -0.3 is 0 Å². The van der Waals surface area contributed by atoms with Crippen LogP contribution in [0.2, 0.25) is 0 Å². The van der Waals surface area contributed by atoms with E-state index in [2.05, 4.69) is 59.0 Å². The lowest BCUT2D eigenvalue weighted by Crippen LogP contribution is -2.25. The minimum Gasteiger partial charge on any atom is -0.207 e. The number of hydrogen-bond acceptors (Lipinski definition) is 0. The van der Waals surface area contributed by atoms with Crippen molar-refractivity contribution in [1.82, 2.24) is 0 Å². The lowest BCUT2D eigenvalue weighted by Gasteiger charge is -2.22. The maximum Gasteiger partial charge on any atom is 0.250 e. The van der Waals surface area contributed by atoms with Gasteiger partial charge in [0.15, 0.2) is 0 Å². The molecule has 0 rings (SSSR count). The summed E-state index contributed by atoms with van der Waals surface area (Å²) < 4.78 is 27.8. The van der Waals surface area contributed by atoms with Crippen molar-refractivity contribution >= 4 is 45.2 Å². The molecule has 0 fully saturated rings. The smallest absolute Gasteiger partial charge is 0.207 e. The summed E-state index contributed by atoms with van der Waals surface area (Å²) in [5, 5.41) is 0. The van der Waals surface area contributed by atoms with Crippen molar-refractivity contribution in [2.24, 2.45) is 0 Å². The van der Waals surface area contributed by atoms with Crippen LogP contribution in [0.1, 0.15) is 65.2 Å². The fourth-order valence-corrected chi connectivity index (χ4v) is 3.96. The van der Waals surface area contributed by atoms with E-state index in [1.807, 2.05) is 0 Å². The average Bonchev–Trinajstić information content (AvgIpc) is 2.22. The zero-order valence-corrected chi connectivity index (χ0v) is 15.1. The van der Waals surface area contributed by atoms with Crippen LogP contribution in [-0.2, 0) is 0 Å². The highest BCUT2D eigenvalue weighted by molar-refractivity contribution is 14.1. The van der Waals surface area contributed by atoms with Gasteiger partial charge in [0.2, 0.25) is 5.92 Å². The topological polar surface area (TPSA) is 0 Å². The van der Waals surface area contributed by atoms with Gasteiger partial charge in [-0.15, -0.1) is 0 Å². The van der Waals surface area contributed by atoms with Gasteiger partial charge in [-0.3, -0.25) is 0 Å². The summed E-state index contributed by atoms with van der Waals surface area (Å²) in [6, 6.07) is 0. The predicted octanol–water partition coefficient (Wildman–Crippen LogP) is 6.39. The van der Waals surface area contributed by atoms with Gasteiger partial charge in [-0.25, -0.2) is 8.78 Å². The molecule has 2 atom stereocenters. The molecule has 104 valence electrons. The van der Waals surface area contributed by atoms with E-state index in [0.717, 1.165) is 38.5 Å². The second-order valence-electron chi connectivity index (χ2n) is 4.74. The molecule has 0 N–H and O–H groups in total. The highest BCUT2D eigenvalue weighted by Gasteiger charge is 2.33. The highest BCUT2D eigenvalue weighted by atomic mass is 127. The molecule has 0 spiro atoms. The first kappa shape index (κ1) is 18.3. The molecule has 0 aliphatic heterocycles. The summed E-state index contributed by atoms with van der Waals surface area (Å²) in [5.41, 5.74) is 0. The standard InChI is InChI=1S/C13H24F2I2/c1-3-5-7-11(16)9-13(14,15)10-12(17)8-6-4-2/h11-12H,3-10H2,1-2H3. The van der Waals surface area contributed by atoms with Gasteiger partial charge in [0, 0.05) is 20.7 Å². The lowest BCUT2D eigenvalue weighted by atomic mass is 10.0. The molecule has 2 unspecified atom stereocenters. The molecule has 0 saturated carbocycles. The minimum absolute atomic E-state index is 0.0547. The summed E-state index contributed by atoms with van der Waals surface area (Å²) in [6.07, 6.45) is 6.27. The third kappa shape index (κ3) is 10.9. The van der Waals surface area contributed by atoms with Gasteiger partial charge in [0.1, 0.15) is 0 Å². The Labute approximate surface area is 132 Å². The Morgan fingerprint density at radius 1 is 0.882 bits per heavy atom. The number of rotatable bonds is 10. The minimum atomic E-state index is -2.47. The molecular weight excluding hydrogens is 448 g/mol. The predicted molar refractivity (Wildman–Crippen MR) is 88.8 cm³/mol. The fourth-order valence-electron chi connectivity index (χ4n) is 1.79. The molecule has 0 aromatic heterocycles. The van der Waals surface area contributed by atoms with Crippen LogP contribution in [0.5, 0.6) is 0 Å². The summed E-state index contributed by atoms with van der Waals surface area (Å²) in [6.45, 7) is 4.21. The molecule has 0 heterocycles. The molecule has 0 radical (unpaired) electrons. The molecule has 0 aliphatic rings. The molecular formula is C13H24F2I2. The quantitative estimate of drug-likeness (QED) is 0.256. The highest BCUT2D eigenvalue weighted by Crippen LogP contribution is 2.34. The summed E-state index contributed by atoms with van der Waals surface area (Å²) >= 11 is 4.37. The molecule has 0 saturated heterocycles. The number of alkyl halides is 4. The van der Waals surface area contributed by atoms with Crippen LogP contribution in [0, 0.1) is 0 Å². The Balaban J connectivity index is 3.91. The van der Waals surface area contributed by atoms with Gasteiger partial charge >= 0.3 is 0 Å². The van der Waals surface area contributed by atoms with E-state index < -0.39 is 5.92 Å². The first-order valence-electron chi connectivity index (χ1n) is 6.57. The van der Waals surface area contributed by atoms with Crippen molar-refractivity contribution in [1.29, 1.82) is 0 Å². The van der Waals surface area contributed by atoms with Crippen molar-refractivity contribution in [3.05, 3.63) is 0 Å². The van der Waals surface area contributed by atoms with Crippen LogP contribution in [0.3, 0.4) is 0 Å². The average molecular weight is 472 g/mol. The van der Waals surface area contributed by atoms with Crippen LogP contribution in [0.15, 0.2) is 0 Å². The summed E-state index contributed by atoms with van der Waals surface area (Å²) in [4.78, 5) is 0. The molecule has 4 heteroatoms. The molecule has 0 aromatic carbocycles. The fraction of sp³-hybridized carbons (Fsp3) is 1.00. The van der Waals surface area contributed by atoms with Crippen molar-refractivity contribution in [3.8, 4) is 0 Å². The SMILES string of the molecule is CCCCC(I)CC(F)(F)CC(I)CCCC. The number of hydrogen-bond donors (Lipinski definition) is 0. The Bertz CT molecular complexity index is 168. The van der Waals surface area contributed by atoms with Crippen LogP contribution < -0.4 is 0 Å². The van der Waals surface area contributed by atoms with Gasteiger partial charge in [-0.1, -0.05) is 84.7 Å². The zero-order chi connectivity index (χ0) is 13.3. The maximum atomic E-state index is 13.8. The largest absolute Gasteiger partial charge is 0.250 e. The molecule has 0 aromatic rings. The summed E-state index contributed by atoms with van der Waals surface area (Å²) in [7, 11) is 0. The summed E-state index contributed by atoms with van der Waals surface area (Å²) in [5.74, 6) is -2.47. The second kappa shape index (κ2) is 10.1. The Morgan fingerprint density at radius 2 is 1.24 bits per heavy atom. The van der Waals surface area contributed by atoms with E-state index in [0.29, 0.717) is 0 Å². The zero-order valence-electron chi connectivity index (χ0n) is 10.8. The number of unbranched alkanes of at least 4 members (excludes halogenated alkanes) is 2. The van der Waals surface area contributed by atoms with Crippen molar-refractivity contribution in [2.75, 3.05) is 0 Å². The maximum absolute atomic E-state index is 13.8. The Kier molecular flexibility index (Phi) is 10.9. The molecule has 0 amide bonds. The molecule has 0 bridgehead atoms. The van der Waals surface area contributed by atoms with E-state index in [9.17, 15) is 8.78 Å². The van der Waals surface area contributed by atoms with E-state index in [1.54, 1.807) is 0 Å². The van der Waals surface area contributed by atoms with Gasteiger partial charge in [0.05, 0.1) is 0 Å². The van der Waals surface area contributed by atoms with E-state index >= 15 is 0 Å². The van der Waals surface area contributed by atoms with Crippen molar-refractivity contribution in [2.45, 2.75) is 79.0 Å². The van der Waals surface area contributed by atoms with Crippen LogP contribution >= 0.6 is 45.2 Å². The van der Waals surface area contributed by atoms with Gasteiger partial charge in [-0.2, -0.15) is 0 Å². The third-order valence-corrected chi connectivity index (χ3v) is 4.91. The van der Waals surface area contributed by atoms with E-state index in [-0.39, 0.29) is 20.7 Å². The van der Waals surface area contributed by atoms with Crippen LogP contribution in [-0.4, -0.2) is 13.8 Å². The molecule has 0 nitrogen and oxygen atoms in total. The van der Waals surface area contributed by atoms with Crippen molar-refractivity contribution in [3.63, 3.8) is 0 Å². The van der Waals surface area contributed by atoms with Crippen LogP contribution in [0.4, 0.5) is 8.78 Å².